The number of carbonyl (C=O) groups excluding carboxylic acids is 1. The van der Waals surface area contributed by atoms with Gasteiger partial charge >= 0.3 is 0 Å². The van der Waals surface area contributed by atoms with Crippen LogP contribution in [-0.2, 0) is 11.2 Å². The van der Waals surface area contributed by atoms with Crippen molar-refractivity contribution in [2.75, 3.05) is 6.54 Å². The highest BCUT2D eigenvalue weighted by molar-refractivity contribution is 5.93. The van der Waals surface area contributed by atoms with Crippen molar-refractivity contribution in [3.8, 4) is 0 Å². The number of rotatable bonds is 3. The molecule has 0 aliphatic heterocycles. The van der Waals surface area contributed by atoms with E-state index in [9.17, 15) is 4.79 Å². The standard InChI is InChI=1S/C13H16N2O/c14-8-13(5-6-13)12(16)10-4-3-9-2-1-7-15-11(9)10/h1-2,7,10H,3-6,8,14H2. The second kappa shape index (κ2) is 3.39. The molecule has 1 aromatic rings. The van der Waals surface area contributed by atoms with Gasteiger partial charge in [0, 0.05) is 18.2 Å². The highest BCUT2D eigenvalue weighted by Crippen LogP contribution is 2.50. The summed E-state index contributed by atoms with van der Waals surface area (Å²) in [5, 5.41) is 0. The molecule has 84 valence electrons. The number of hydrogen-bond acceptors (Lipinski definition) is 3. The quantitative estimate of drug-likeness (QED) is 0.831. The molecule has 1 fully saturated rings. The molecule has 1 aromatic heterocycles. The van der Waals surface area contributed by atoms with Crippen LogP contribution in [0.4, 0.5) is 0 Å². The SMILES string of the molecule is NCC1(C(=O)C2CCc3cccnc32)CC1. The van der Waals surface area contributed by atoms with Crippen molar-refractivity contribution in [3.63, 3.8) is 0 Å². The molecule has 1 atom stereocenters. The predicted molar refractivity (Wildman–Crippen MR) is 61.0 cm³/mol. The van der Waals surface area contributed by atoms with E-state index in [1.165, 1.54) is 5.56 Å². The summed E-state index contributed by atoms with van der Waals surface area (Å²) in [4.78, 5) is 16.8. The monoisotopic (exact) mass is 216 g/mol. The zero-order valence-electron chi connectivity index (χ0n) is 9.28. The summed E-state index contributed by atoms with van der Waals surface area (Å²) in [7, 11) is 0. The van der Waals surface area contributed by atoms with Crippen molar-refractivity contribution in [2.24, 2.45) is 11.1 Å². The Labute approximate surface area is 95.1 Å². The third-order valence-corrected chi connectivity index (χ3v) is 4.04. The van der Waals surface area contributed by atoms with E-state index in [0.29, 0.717) is 12.3 Å². The average molecular weight is 216 g/mol. The lowest BCUT2D eigenvalue weighted by Crippen LogP contribution is -2.29. The van der Waals surface area contributed by atoms with E-state index in [-0.39, 0.29) is 11.3 Å². The van der Waals surface area contributed by atoms with Crippen molar-refractivity contribution in [2.45, 2.75) is 31.6 Å². The summed E-state index contributed by atoms with van der Waals surface area (Å²) in [6, 6.07) is 4.03. The summed E-state index contributed by atoms with van der Waals surface area (Å²) in [5.74, 6) is 0.356. The molecule has 0 bridgehead atoms. The molecule has 0 aromatic carbocycles. The van der Waals surface area contributed by atoms with E-state index in [1.807, 2.05) is 6.07 Å². The van der Waals surface area contributed by atoms with E-state index in [1.54, 1.807) is 6.20 Å². The fourth-order valence-corrected chi connectivity index (χ4v) is 2.74. The number of ketones is 1. The van der Waals surface area contributed by atoms with Crippen LogP contribution in [0.15, 0.2) is 18.3 Å². The van der Waals surface area contributed by atoms with Gasteiger partial charge in [0.1, 0.15) is 5.78 Å². The number of aromatic nitrogens is 1. The molecular formula is C13H16N2O. The number of Topliss-reactive ketones (excluding diaryl/α,β-unsaturated/α-hetero) is 1. The van der Waals surface area contributed by atoms with Crippen molar-refractivity contribution in [1.29, 1.82) is 0 Å². The van der Waals surface area contributed by atoms with Crippen LogP contribution in [0.1, 0.15) is 36.4 Å². The average Bonchev–Trinajstić information content (AvgIpc) is 3.02. The third-order valence-electron chi connectivity index (χ3n) is 4.04. The Morgan fingerprint density at radius 3 is 3.06 bits per heavy atom. The minimum absolute atomic E-state index is 0.0160. The van der Waals surface area contributed by atoms with Gasteiger partial charge in [-0.3, -0.25) is 9.78 Å². The largest absolute Gasteiger partial charge is 0.329 e. The second-order valence-corrected chi connectivity index (χ2v) is 4.99. The molecule has 0 radical (unpaired) electrons. The zero-order valence-corrected chi connectivity index (χ0v) is 9.28. The summed E-state index contributed by atoms with van der Waals surface area (Å²) < 4.78 is 0. The Balaban J connectivity index is 1.91. The fraction of sp³-hybridized carbons (Fsp3) is 0.538. The van der Waals surface area contributed by atoms with Crippen molar-refractivity contribution >= 4 is 5.78 Å². The first-order valence-electron chi connectivity index (χ1n) is 5.95. The first kappa shape index (κ1) is 9.97. The molecule has 0 spiro atoms. The molecule has 1 unspecified atom stereocenters. The van der Waals surface area contributed by atoms with E-state index in [4.69, 9.17) is 5.73 Å². The molecule has 1 saturated carbocycles. The number of hydrogen-bond donors (Lipinski definition) is 1. The topological polar surface area (TPSA) is 56.0 Å². The zero-order chi connectivity index (χ0) is 11.2. The third kappa shape index (κ3) is 1.31. The van der Waals surface area contributed by atoms with Gasteiger partial charge in [-0.25, -0.2) is 0 Å². The smallest absolute Gasteiger partial charge is 0.149 e. The first-order chi connectivity index (χ1) is 7.77. The van der Waals surface area contributed by atoms with Gasteiger partial charge in [0.15, 0.2) is 0 Å². The van der Waals surface area contributed by atoms with Crippen LogP contribution >= 0.6 is 0 Å². The number of carbonyl (C=O) groups is 1. The number of fused-ring (bicyclic) bond motifs is 1. The normalized spacial score (nSPS) is 25.2. The Hall–Kier alpha value is -1.22. The van der Waals surface area contributed by atoms with Crippen LogP contribution in [0, 0.1) is 5.41 Å². The maximum Gasteiger partial charge on any atom is 0.149 e. The predicted octanol–water partition coefficient (Wildman–Crippen LogP) is 1.42. The Kier molecular flexibility index (Phi) is 2.11. The lowest BCUT2D eigenvalue weighted by atomic mass is 9.88. The molecule has 3 heteroatoms. The van der Waals surface area contributed by atoms with Crippen LogP contribution in [0.2, 0.25) is 0 Å². The van der Waals surface area contributed by atoms with Crippen LogP contribution in [0.3, 0.4) is 0 Å². The minimum atomic E-state index is -0.191. The fourth-order valence-electron chi connectivity index (χ4n) is 2.74. The van der Waals surface area contributed by atoms with Crippen molar-refractivity contribution in [3.05, 3.63) is 29.6 Å². The van der Waals surface area contributed by atoms with Gasteiger partial charge in [-0.15, -0.1) is 0 Å². The van der Waals surface area contributed by atoms with Crippen molar-refractivity contribution in [1.82, 2.24) is 4.98 Å². The molecule has 2 N–H and O–H groups in total. The highest BCUT2D eigenvalue weighted by Gasteiger charge is 2.51. The summed E-state index contributed by atoms with van der Waals surface area (Å²) >= 11 is 0. The van der Waals surface area contributed by atoms with Crippen LogP contribution in [-0.4, -0.2) is 17.3 Å². The van der Waals surface area contributed by atoms with Crippen LogP contribution < -0.4 is 5.73 Å². The molecule has 3 rings (SSSR count). The molecule has 2 aliphatic carbocycles. The second-order valence-electron chi connectivity index (χ2n) is 4.99. The highest BCUT2D eigenvalue weighted by atomic mass is 16.1. The maximum absolute atomic E-state index is 12.4. The molecule has 16 heavy (non-hydrogen) atoms. The van der Waals surface area contributed by atoms with E-state index in [0.717, 1.165) is 31.4 Å². The van der Waals surface area contributed by atoms with E-state index >= 15 is 0 Å². The minimum Gasteiger partial charge on any atom is -0.329 e. The Morgan fingerprint density at radius 2 is 2.38 bits per heavy atom. The van der Waals surface area contributed by atoms with E-state index < -0.39 is 0 Å². The first-order valence-corrected chi connectivity index (χ1v) is 5.95. The molecular weight excluding hydrogens is 200 g/mol. The number of aryl methyl sites for hydroxylation is 1. The van der Waals surface area contributed by atoms with Gasteiger partial charge in [-0.1, -0.05) is 6.07 Å². The molecule has 1 heterocycles. The Morgan fingerprint density at radius 1 is 1.56 bits per heavy atom. The lowest BCUT2D eigenvalue weighted by Gasteiger charge is -2.16. The van der Waals surface area contributed by atoms with Gasteiger partial charge in [-0.2, -0.15) is 0 Å². The molecule has 0 saturated heterocycles. The maximum atomic E-state index is 12.4. The number of nitrogens with two attached hydrogens (primary N) is 1. The lowest BCUT2D eigenvalue weighted by molar-refractivity contribution is -0.125. The summed E-state index contributed by atoms with van der Waals surface area (Å²) in [6.45, 7) is 0.504. The number of nitrogens with zero attached hydrogens (tertiary/aromatic N) is 1. The summed E-state index contributed by atoms with van der Waals surface area (Å²) in [5.41, 5.74) is 7.78. The molecule has 0 amide bonds. The van der Waals surface area contributed by atoms with Gasteiger partial charge < -0.3 is 5.73 Å². The number of pyridine rings is 1. The van der Waals surface area contributed by atoms with Crippen molar-refractivity contribution < 1.29 is 4.79 Å². The van der Waals surface area contributed by atoms with Crippen LogP contribution in [0.25, 0.3) is 0 Å². The van der Waals surface area contributed by atoms with E-state index in [2.05, 4.69) is 11.1 Å². The van der Waals surface area contributed by atoms with Gasteiger partial charge in [0.25, 0.3) is 0 Å². The summed E-state index contributed by atoms with van der Waals surface area (Å²) in [6.07, 6.45) is 5.64. The van der Waals surface area contributed by atoms with Gasteiger partial charge in [0.2, 0.25) is 0 Å². The van der Waals surface area contributed by atoms with Gasteiger partial charge in [-0.05, 0) is 37.3 Å². The molecule has 3 nitrogen and oxygen atoms in total. The molecule has 2 aliphatic rings. The Bertz CT molecular complexity index is 437. The van der Waals surface area contributed by atoms with Gasteiger partial charge in [0.05, 0.1) is 11.6 Å². The van der Waals surface area contributed by atoms with Crippen LogP contribution in [0.5, 0.6) is 0 Å².